The molecule has 0 unspecified atom stereocenters. The third kappa shape index (κ3) is 7.31. The average Bonchev–Trinajstić information content (AvgIpc) is 2.96. The summed E-state index contributed by atoms with van der Waals surface area (Å²) in [5, 5.41) is 4.02. The predicted octanol–water partition coefficient (Wildman–Crippen LogP) is 5.07. The van der Waals surface area contributed by atoms with Crippen molar-refractivity contribution in [3.05, 3.63) is 113 Å². The molecule has 38 heavy (non-hydrogen) atoms. The number of amides is 1. The van der Waals surface area contributed by atoms with Crippen LogP contribution in [0.3, 0.4) is 0 Å². The molecule has 3 heterocycles. The summed E-state index contributed by atoms with van der Waals surface area (Å²) in [4.78, 5) is 30.5. The molecule has 0 aliphatic carbocycles. The zero-order valence-electron chi connectivity index (χ0n) is 21.0. The highest BCUT2D eigenvalue weighted by Gasteiger charge is 2.19. The van der Waals surface area contributed by atoms with E-state index in [1.165, 1.54) is 17.3 Å². The van der Waals surface area contributed by atoms with Crippen LogP contribution in [-0.4, -0.2) is 51.9 Å². The van der Waals surface area contributed by atoms with Crippen LogP contribution in [0, 0.1) is 0 Å². The number of aromatic nitrogens is 3. The van der Waals surface area contributed by atoms with Crippen LogP contribution in [0.25, 0.3) is 0 Å². The molecular formula is C29H29ClN6OS. The molecular weight excluding hydrogens is 516 g/mol. The Morgan fingerprint density at radius 2 is 1.66 bits per heavy atom. The molecule has 0 radical (unpaired) electrons. The Balaban J connectivity index is 1.12. The molecule has 2 aromatic heterocycles. The van der Waals surface area contributed by atoms with Crippen molar-refractivity contribution in [1.82, 2.24) is 25.2 Å². The van der Waals surface area contributed by atoms with Gasteiger partial charge in [0, 0.05) is 69.0 Å². The first-order chi connectivity index (χ1) is 18.6. The van der Waals surface area contributed by atoms with E-state index in [2.05, 4.69) is 55.4 Å². The number of halogens is 1. The van der Waals surface area contributed by atoms with Crippen molar-refractivity contribution in [3.63, 3.8) is 0 Å². The number of rotatable bonds is 9. The van der Waals surface area contributed by atoms with Crippen LogP contribution in [0.15, 0.2) is 90.3 Å². The van der Waals surface area contributed by atoms with Gasteiger partial charge in [-0.1, -0.05) is 71.9 Å². The highest BCUT2D eigenvalue weighted by molar-refractivity contribution is 7.98. The van der Waals surface area contributed by atoms with Crippen molar-refractivity contribution in [1.29, 1.82) is 0 Å². The minimum Gasteiger partial charge on any atom is -0.354 e. The smallest absolute Gasteiger partial charge is 0.251 e. The van der Waals surface area contributed by atoms with Gasteiger partial charge in [-0.25, -0.2) is 9.97 Å². The molecule has 0 saturated carbocycles. The van der Waals surface area contributed by atoms with Crippen LogP contribution >= 0.6 is 23.4 Å². The molecule has 0 atom stereocenters. The Bertz CT molecular complexity index is 1330. The van der Waals surface area contributed by atoms with Gasteiger partial charge in [0.2, 0.25) is 0 Å². The summed E-state index contributed by atoms with van der Waals surface area (Å²) in [6, 6.07) is 23.8. The lowest BCUT2D eigenvalue weighted by Crippen LogP contribution is -2.46. The largest absolute Gasteiger partial charge is 0.354 e. The molecule has 0 spiro atoms. The van der Waals surface area contributed by atoms with Gasteiger partial charge in [-0.3, -0.25) is 14.7 Å². The van der Waals surface area contributed by atoms with Crippen LogP contribution in [0.1, 0.15) is 27.0 Å². The number of hydrogen-bond acceptors (Lipinski definition) is 7. The normalized spacial score (nSPS) is 13.9. The molecule has 1 aliphatic rings. The lowest BCUT2D eigenvalue weighted by atomic mass is 10.1. The van der Waals surface area contributed by atoms with Crippen molar-refractivity contribution < 1.29 is 4.79 Å². The molecule has 1 aliphatic heterocycles. The lowest BCUT2D eigenvalue weighted by Gasteiger charge is -2.35. The molecule has 0 bridgehead atoms. The second-order valence-corrected chi connectivity index (χ2v) is 10.4. The first kappa shape index (κ1) is 26.2. The number of carbonyl (C=O) groups is 1. The maximum atomic E-state index is 12.5. The Kier molecular flexibility index (Phi) is 8.86. The fourth-order valence-electron chi connectivity index (χ4n) is 4.28. The lowest BCUT2D eigenvalue weighted by molar-refractivity contribution is 0.0951. The molecule has 7 nitrogen and oxygen atoms in total. The molecule has 1 saturated heterocycles. The van der Waals surface area contributed by atoms with Crippen LogP contribution < -0.4 is 10.2 Å². The van der Waals surface area contributed by atoms with Gasteiger partial charge in [0.05, 0.1) is 0 Å². The first-order valence-corrected chi connectivity index (χ1v) is 13.9. The van der Waals surface area contributed by atoms with Gasteiger partial charge in [0.15, 0.2) is 5.16 Å². The summed E-state index contributed by atoms with van der Waals surface area (Å²) in [5.74, 6) is 1.44. The number of benzene rings is 2. The zero-order chi connectivity index (χ0) is 26.2. The van der Waals surface area contributed by atoms with Gasteiger partial charge < -0.3 is 10.2 Å². The number of nitrogens with zero attached hydrogens (tertiary/aromatic N) is 5. The van der Waals surface area contributed by atoms with Crippen LogP contribution in [0.5, 0.6) is 0 Å². The maximum Gasteiger partial charge on any atom is 0.251 e. The first-order valence-electron chi connectivity index (χ1n) is 12.6. The standard InChI is InChI=1S/C29H29ClN6OS/c30-26-17-27(36-15-13-35(14-16-36)20-22-5-2-1-3-6-22)34-29(33-26)38-21-23-8-10-25(11-9-23)28(37)32-19-24-7-4-12-31-18-24/h1-12,17-18H,13-16,19-21H2,(H,32,37). The number of piperazine rings is 1. The molecule has 4 aromatic rings. The number of thioether (sulfide) groups is 1. The second-order valence-electron chi connectivity index (χ2n) is 9.11. The van der Waals surface area contributed by atoms with E-state index in [4.69, 9.17) is 16.6 Å². The van der Waals surface area contributed by atoms with Gasteiger partial charge in [-0.05, 0) is 34.9 Å². The number of nitrogens with one attached hydrogen (secondary N) is 1. The molecule has 9 heteroatoms. The van der Waals surface area contributed by atoms with Crippen LogP contribution in [0.4, 0.5) is 5.82 Å². The summed E-state index contributed by atoms with van der Waals surface area (Å²) in [6.45, 7) is 5.15. The molecule has 2 aromatic carbocycles. The summed E-state index contributed by atoms with van der Waals surface area (Å²) in [7, 11) is 0. The Morgan fingerprint density at radius 3 is 2.39 bits per heavy atom. The number of anilines is 1. The van der Waals surface area contributed by atoms with E-state index in [-0.39, 0.29) is 5.91 Å². The van der Waals surface area contributed by atoms with Crippen LogP contribution in [0.2, 0.25) is 5.15 Å². The Hall–Kier alpha value is -3.46. The van der Waals surface area contributed by atoms with Crippen molar-refractivity contribution in [3.8, 4) is 0 Å². The van der Waals surface area contributed by atoms with E-state index >= 15 is 0 Å². The van der Waals surface area contributed by atoms with E-state index in [1.807, 2.05) is 42.5 Å². The number of hydrogen-bond donors (Lipinski definition) is 1. The highest BCUT2D eigenvalue weighted by atomic mass is 35.5. The summed E-state index contributed by atoms with van der Waals surface area (Å²) in [5.41, 5.74) is 4.00. The zero-order valence-corrected chi connectivity index (χ0v) is 22.5. The molecule has 5 rings (SSSR count). The van der Waals surface area contributed by atoms with Crippen molar-refractivity contribution in [2.24, 2.45) is 0 Å². The topological polar surface area (TPSA) is 74.2 Å². The minimum absolute atomic E-state index is 0.111. The summed E-state index contributed by atoms with van der Waals surface area (Å²) < 4.78 is 0. The molecule has 194 valence electrons. The SMILES string of the molecule is O=C(NCc1cccnc1)c1ccc(CSc2nc(Cl)cc(N3CCN(Cc4ccccc4)CC3)n2)cc1. The predicted molar refractivity (Wildman–Crippen MR) is 152 cm³/mol. The van der Waals surface area contributed by atoms with E-state index < -0.39 is 0 Å². The Morgan fingerprint density at radius 1 is 0.895 bits per heavy atom. The summed E-state index contributed by atoms with van der Waals surface area (Å²) >= 11 is 7.91. The number of carbonyl (C=O) groups excluding carboxylic acids is 1. The van der Waals surface area contributed by atoms with Gasteiger partial charge in [-0.15, -0.1) is 0 Å². The summed E-state index contributed by atoms with van der Waals surface area (Å²) in [6.07, 6.45) is 3.46. The third-order valence-electron chi connectivity index (χ3n) is 6.37. The average molecular weight is 545 g/mol. The fourth-order valence-corrected chi connectivity index (χ4v) is 5.31. The van der Waals surface area contributed by atoms with E-state index in [1.54, 1.807) is 12.4 Å². The quantitative estimate of drug-likeness (QED) is 0.179. The van der Waals surface area contributed by atoms with Crippen molar-refractivity contribution >= 4 is 35.1 Å². The van der Waals surface area contributed by atoms with Gasteiger partial charge in [0.1, 0.15) is 11.0 Å². The third-order valence-corrected chi connectivity index (χ3v) is 7.48. The van der Waals surface area contributed by atoms with E-state index in [9.17, 15) is 4.79 Å². The van der Waals surface area contributed by atoms with E-state index in [0.717, 1.165) is 49.7 Å². The Labute approximate surface area is 232 Å². The second kappa shape index (κ2) is 12.9. The number of pyridine rings is 1. The molecule has 1 amide bonds. The monoisotopic (exact) mass is 544 g/mol. The van der Waals surface area contributed by atoms with Crippen LogP contribution in [-0.2, 0) is 18.8 Å². The molecule has 1 fully saturated rings. The fraction of sp³-hybridized carbons (Fsp3) is 0.241. The van der Waals surface area contributed by atoms with Crippen molar-refractivity contribution in [2.45, 2.75) is 24.0 Å². The maximum absolute atomic E-state index is 12.5. The van der Waals surface area contributed by atoms with Gasteiger partial charge in [-0.2, -0.15) is 0 Å². The minimum atomic E-state index is -0.111. The highest BCUT2D eigenvalue weighted by Crippen LogP contribution is 2.25. The van der Waals surface area contributed by atoms with Gasteiger partial charge >= 0.3 is 0 Å². The van der Waals surface area contributed by atoms with Gasteiger partial charge in [0.25, 0.3) is 5.91 Å². The molecule has 1 N–H and O–H groups in total. The van der Waals surface area contributed by atoms with Crippen molar-refractivity contribution in [2.75, 3.05) is 31.1 Å². The van der Waals surface area contributed by atoms with E-state index in [0.29, 0.717) is 28.2 Å².